The zero-order chi connectivity index (χ0) is 24.0. The van der Waals surface area contributed by atoms with Crippen molar-refractivity contribution in [2.75, 3.05) is 13.2 Å². The second-order valence-corrected chi connectivity index (χ2v) is 11.0. The summed E-state index contributed by atoms with van der Waals surface area (Å²) < 4.78 is 33.0. The van der Waals surface area contributed by atoms with Crippen molar-refractivity contribution in [1.29, 1.82) is 0 Å². The summed E-state index contributed by atoms with van der Waals surface area (Å²) in [6.07, 6.45) is 9.31. The van der Waals surface area contributed by atoms with Gasteiger partial charge in [0.1, 0.15) is 5.65 Å². The number of nitrogens with zero attached hydrogens (tertiary/aromatic N) is 3. The van der Waals surface area contributed by atoms with Crippen LogP contribution in [0.15, 0.2) is 93.2 Å². The maximum Gasteiger partial charge on any atom is 0.269 e. The van der Waals surface area contributed by atoms with Crippen LogP contribution in [0.3, 0.4) is 0 Å². The first kappa shape index (κ1) is 24.6. The standard InChI is InChI=1S/C13H9BrN2O2S.C7H5BrN2.C4H8O/c14-11-8-10-6-7-16(13(10)15-9-11)19(17,18)12-4-2-1-3-5-12;8-6-3-5-1-2-9-7(5)10-4-6;1-2-4-5-3-1/h1-9H;1-4H,(H,9,10);1-4H2. The fourth-order valence-corrected chi connectivity index (χ4v) is 5.32. The van der Waals surface area contributed by atoms with Crippen LogP contribution < -0.4 is 0 Å². The minimum Gasteiger partial charge on any atom is -0.381 e. The highest BCUT2D eigenvalue weighted by atomic mass is 79.9. The van der Waals surface area contributed by atoms with E-state index >= 15 is 0 Å². The van der Waals surface area contributed by atoms with Gasteiger partial charge >= 0.3 is 0 Å². The molecule has 1 aliphatic rings. The lowest BCUT2D eigenvalue weighted by Crippen LogP contribution is -2.12. The molecular weight excluding hydrogens is 584 g/mol. The predicted molar refractivity (Wildman–Crippen MR) is 140 cm³/mol. The number of fused-ring (bicyclic) bond motifs is 2. The summed E-state index contributed by atoms with van der Waals surface area (Å²) in [4.78, 5) is 11.6. The molecule has 5 aromatic rings. The number of halogens is 2. The maximum atomic E-state index is 12.5. The summed E-state index contributed by atoms with van der Waals surface area (Å²) >= 11 is 6.66. The van der Waals surface area contributed by atoms with E-state index in [4.69, 9.17) is 4.74 Å². The third-order valence-electron chi connectivity index (χ3n) is 4.95. The Balaban J connectivity index is 0.000000150. The number of benzene rings is 1. The number of hydrogen-bond acceptors (Lipinski definition) is 5. The van der Waals surface area contributed by atoms with Gasteiger partial charge in [-0.15, -0.1) is 0 Å². The Morgan fingerprint density at radius 3 is 2.24 bits per heavy atom. The van der Waals surface area contributed by atoms with Crippen molar-refractivity contribution in [3.05, 3.63) is 88.3 Å². The molecular formula is C24H22Br2N4O3S. The average molecular weight is 606 g/mol. The van der Waals surface area contributed by atoms with E-state index in [0.717, 1.165) is 38.6 Å². The molecule has 1 N–H and O–H groups in total. The molecule has 0 unspecified atom stereocenters. The van der Waals surface area contributed by atoms with E-state index < -0.39 is 10.0 Å². The summed E-state index contributed by atoms with van der Waals surface area (Å²) in [5.74, 6) is 0. The molecule has 1 aromatic carbocycles. The monoisotopic (exact) mass is 604 g/mol. The fourth-order valence-electron chi connectivity index (χ4n) is 3.30. The van der Waals surface area contributed by atoms with Gasteiger partial charge in [0.2, 0.25) is 0 Å². The highest BCUT2D eigenvalue weighted by Gasteiger charge is 2.19. The highest BCUT2D eigenvalue weighted by molar-refractivity contribution is 9.10. The molecule has 0 atom stereocenters. The molecule has 5 heterocycles. The van der Waals surface area contributed by atoms with Gasteiger partial charge in [0.15, 0.2) is 5.65 Å². The molecule has 7 nitrogen and oxygen atoms in total. The Kier molecular flexibility index (Phi) is 8.15. The zero-order valence-corrected chi connectivity index (χ0v) is 22.1. The molecule has 0 radical (unpaired) electrons. The lowest BCUT2D eigenvalue weighted by atomic mass is 10.3. The Morgan fingerprint density at radius 2 is 1.56 bits per heavy atom. The van der Waals surface area contributed by atoms with Crippen LogP contribution in [0.4, 0.5) is 0 Å². The second kappa shape index (κ2) is 11.3. The van der Waals surface area contributed by atoms with E-state index in [1.54, 1.807) is 48.8 Å². The topological polar surface area (TPSA) is 89.9 Å². The summed E-state index contributed by atoms with van der Waals surface area (Å²) in [7, 11) is -3.60. The first-order chi connectivity index (χ1) is 16.4. The molecule has 0 spiro atoms. The molecule has 1 fully saturated rings. The van der Waals surface area contributed by atoms with E-state index in [0.29, 0.717) is 5.65 Å². The van der Waals surface area contributed by atoms with Gasteiger partial charge in [-0.2, -0.15) is 0 Å². The maximum absolute atomic E-state index is 12.5. The summed E-state index contributed by atoms with van der Waals surface area (Å²) in [6.45, 7) is 2.00. The lowest BCUT2D eigenvalue weighted by molar-refractivity contribution is 0.198. The zero-order valence-electron chi connectivity index (χ0n) is 18.1. The van der Waals surface area contributed by atoms with Gasteiger partial charge in [-0.25, -0.2) is 22.4 Å². The van der Waals surface area contributed by atoms with Gasteiger partial charge in [-0.1, -0.05) is 18.2 Å². The Morgan fingerprint density at radius 1 is 0.882 bits per heavy atom. The van der Waals surface area contributed by atoms with Crippen molar-refractivity contribution in [3.63, 3.8) is 0 Å². The van der Waals surface area contributed by atoms with Crippen molar-refractivity contribution in [1.82, 2.24) is 18.9 Å². The van der Waals surface area contributed by atoms with Crippen molar-refractivity contribution in [3.8, 4) is 0 Å². The highest BCUT2D eigenvalue weighted by Crippen LogP contribution is 2.22. The van der Waals surface area contributed by atoms with E-state index in [2.05, 4.69) is 46.8 Å². The summed E-state index contributed by atoms with van der Waals surface area (Å²) in [5.41, 5.74) is 1.36. The van der Waals surface area contributed by atoms with Gasteiger partial charge in [-0.3, -0.25) is 0 Å². The predicted octanol–water partition coefficient (Wildman–Crippen LogP) is 6.16. The van der Waals surface area contributed by atoms with Crippen molar-refractivity contribution in [2.45, 2.75) is 17.7 Å². The van der Waals surface area contributed by atoms with Crippen LogP contribution in [0.5, 0.6) is 0 Å². The summed E-state index contributed by atoms with van der Waals surface area (Å²) in [6, 6.07) is 15.9. The van der Waals surface area contributed by atoms with E-state index in [1.807, 2.05) is 24.4 Å². The van der Waals surface area contributed by atoms with Crippen LogP contribution in [0.2, 0.25) is 0 Å². The number of hydrogen-bond donors (Lipinski definition) is 1. The van der Waals surface area contributed by atoms with Gasteiger partial charge in [0.25, 0.3) is 10.0 Å². The molecule has 1 aliphatic heterocycles. The van der Waals surface area contributed by atoms with Crippen LogP contribution in [0, 0.1) is 0 Å². The van der Waals surface area contributed by atoms with E-state index in [-0.39, 0.29) is 4.90 Å². The van der Waals surface area contributed by atoms with Gasteiger partial charge < -0.3 is 9.72 Å². The minimum atomic E-state index is -3.60. The number of rotatable bonds is 2. The molecule has 0 bridgehead atoms. The van der Waals surface area contributed by atoms with Crippen LogP contribution in [0.25, 0.3) is 22.1 Å². The molecule has 0 aliphatic carbocycles. The van der Waals surface area contributed by atoms with E-state index in [9.17, 15) is 8.42 Å². The number of aromatic nitrogens is 4. The normalized spacial score (nSPS) is 13.2. The third kappa shape index (κ3) is 5.93. The van der Waals surface area contributed by atoms with Crippen LogP contribution in [0.1, 0.15) is 12.8 Å². The Bertz CT molecular complexity index is 1470. The summed E-state index contributed by atoms with van der Waals surface area (Å²) in [5, 5.41) is 1.91. The Hall–Kier alpha value is -2.53. The fraction of sp³-hybridized carbons (Fsp3) is 0.167. The van der Waals surface area contributed by atoms with Crippen molar-refractivity contribution >= 4 is 63.9 Å². The largest absolute Gasteiger partial charge is 0.381 e. The van der Waals surface area contributed by atoms with Gasteiger partial charge in [-0.05, 0) is 81.1 Å². The number of pyridine rings is 2. The number of nitrogens with one attached hydrogen (secondary N) is 1. The molecule has 176 valence electrons. The lowest BCUT2D eigenvalue weighted by Gasteiger charge is -2.06. The SMILES string of the molecule is Brc1cnc2[nH]ccc2c1.C1CCOC1.O=S(=O)(c1ccccc1)n1ccc2cc(Br)cnc21. The third-order valence-corrected chi connectivity index (χ3v) is 7.50. The van der Waals surface area contributed by atoms with Crippen molar-refractivity contribution < 1.29 is 13.2 Å². The molecule has 10 heteroatoms. The molecule has 4 aromatic heterocycles. The van der Waals surface area contributed by atoms with Crippen LogP contribution >= 0.6 is 31.9 Å². The first-order valence-corrected chi connectivity index (χ1v) is 13.6. The second-order valence-electron chi connectivity index (χ2n) is 7.38. The molecule has 6 rings (SSSR count). The first-order valence-electron chi connectivity index (χ1n) is 10.5. The van der Waals surface area contributed by atoms with Gasteiger partial charge in [0, 0.05) is 57.7 Å². The van der Waals surface area contributed by atoms with Crippen molar-refractivity contribution in [2.24, 2.45) is 0 Å². The molecule has 0 saturated carbocycles. The quantitative estimate of drug-likeness (QED) is 0.260. The number of H-pyrrole nitrogens is 1. The van der Waals surface area contributed by atoms with E-state index in [1.165, 1.54) is 23.0 Å². The molecule has 34 heavy (non-hydrogen) atoms. The van der Waals surface area contributed by atoms with Crippen LogP contribution in [-0.4, -0.2) is 40.6 Å². The number of aromatic amines is 1. The molecule has 1 saturated heterocycles. The number of ether oxygens (including phenoxy) is 1. The average Bonchev–Trinajstić information content (AvgIpc) is 3.62. The van der Waals surface area contributed by atoms with Crippen LogP contribution in [-0.2, 0) is 14.8 Å². The van der Waals surface area contributed by atoms with Gasteiger partial charge in [0.05, 0.1) is 4.90 Å². The Labute approximate surface area is 214 Å². The molecule has 0 amide bonds. The minimum absolute atomic E-state index is 0.247. The smallest absolute Gasteiger partial charge is 0.269 e.